The fourth-order valence-electron chi connectivity index (χ4n) is 2.41. The normalized spacial score (nSPS) is 14.7. The van der Waals surface area contributed by atoms with Gasteiger partial charge in [0.1, 0.15) is 10.3 Å². The second-order valence-corrected chi connectivity index (χ2v) is 5.26. The van der Waals surface area contributed by atoms with Gasteiger partial charge >= 0.3 is 0 Å². The van der Waals surface area contributed by atoms with Crippen molar-refractivity contribution in [3.63, 3.8) is 0 Å². The molecule has 1 aromatic carbocycles. The lowest BCUT2D eigenvalue weighted by atomic mass is 10.1. The van der Waals surface area contributed by atoms with E-state index in [9.17, 15) is 9.90 Å². The minimum atomic E-state index is -0.339. The fraction of sp³-hybridized carbons (Fsp3) is 0.231. The molecular formula is C13H11BrN2O2. The maximum atomic E-state index is 11.6. The standard InChI is InChI=1S/C13H11BrN2O2/c14-10-12(17)15-11(16-13(10)18)9-5-7-3-1-2-4-8(7)6-9/h1-4,9H,5-6H2,(H2,15,16,17,18). The summed E-state index contributed by atoms with van der Waals surface area (Å²) in [7, 11) is 0. The number of H-pyrrole nitrogens is 1. The van der Waals surface area contributed by atoms with E-state index in [-0.39, 0.29) is 21.8 Å². The van der Waals surface area contributed by atoms with Gasteiger partial charge in [-0.15, -0.1) is 0 Å². The Bertz CT molecular complexity index is 641. The van der Waals surface area contributed by atoms with Crippen molar-refractivity contribution < 1.29 is 5.11 Å². The Kier molecular flexibility index (Phi) is 2.70. The van der Waals surface area contributed by atoms with Crippen LogP contribution < -0.4 is 5.56 Å². The van der Waals surface area contributed by atoms with E-state index in [0.29, 0.717) is 5.82 Å². The Hall–Kier alpha value is -1.62. The Balaban J connectivity index is 1.98. The van der Waals surface area contributed by atoms with Crippen LogP contribution in [0.2, 0.25) is 0 Å². The Morgan fingerprint density at radius 2 is 1.89 bits per heavy atom. The van der Waals surface area contributed by atoms with Crippen LogP contribution in [0.1, 0.15) is 22.9 Å². The Morgan fingerprint density at radius 3 is 2.44 bits per heavy atom. The molecule has 5 heteroatoms. The largest absolute Gasteiger partial charge is 0.492 e. The molecule has 0 unspecified atom stereocenters. The van der Waals surface area contributed by atoms with Crippen LogP contribution in [-0.4, -0.2) is 15.1 Å². The molecule has 1 aliphatic carbocycles. The van der Waals surface area contributed by atoms with E-state index in [4.69, 9.17) is 0 Å². The predicted octanol–water partition coefficient (Wildman–Crippen LogP) is 2.12. The van der Waals surface area contributed by atoms with Crippen LogP contribution in [-0.2, 0) is 12.8 Å². The molecule has 0 bridgehead atoms. The van der Waals surface area contributed by atoms with Gasteiger partial charge in [-0.25, -0.2) is 0 Å². The number of nitrogens with zero attached hydrogens (tertiary/aromatic N) is 1. The highest BCUT2D eigenvalue weighted by atomic mass is 79.9. The van der Waals surface area contributed by atoms with Crippen LogP contribution in [0.3, 0.4) is 0 Å². The molecule has 0 amide bonds. The number of aromatic amines is 1. The lowest BCUT2D eigenvalue weighted by Gasteiger charge is -2.08. The van der Waals surface area contributed by atoms with Crippen LogP contribution in [0, 0.1) is 0 Å². The molecule has 0 saturated carbocycles. The molecular weight excluding hydrogens is 296 g/mol. The van der Waals surface area contributed by atoms with Crippen LogP contribution in [0.4, 0.5) is 0 Å². The molecule has 0 aliphatic heterocycles. The molecule has 0 radical (unpaired) electrons. The van der Waals surface area contributed by atoms with E-state index in [1.807, 2.05) is 12.1 Å². The summed E-state index contributed by atoms with van der Waals surface area (Å²) in [6.07, 6.45) is 1.69. The summed E-state index contributed by atoms with van der Waals surface area (Å²) in [5, 5.41) is 9.58. The lowest BCUT2D eigenvalue weighted by Crippen LogP contribution is -2.15. The molecule has 4 nitrogen and oxygen atoms in total. The molecule has 0 spiro atoms. The van der Waals surface area contributed by atoms with Crippen molar-refractivity contribution in [2.75, 3.05) is 0 Å². The van der Waals surface area contributed by atoms with Crippen molar-refractivity contribution in [1.82, 2.24) is 9.97 Å². The number of aromatic nitrogens is 2. The fourth-order valence-corrected chi connectivity index (χ4v) is 2.60. The first-order chi connectivity index (χ1) is 8.65. The van der Waals surface area contributed by atoms with Gasteiger partial charge in [-0.1, -0.05) is 24.3 Å². The number of hydrogen-bond donors (Lipinski definition) is 2. The summed E-state index contributed by atoms with van der Waals surface area (Å²) >= 11 is 2.99. The molecule has 2 aromatic rings. The highest BCUT2D eigenvalue weighted by Gasteiger charge is 2.25. The Labute approximate surface area is 112 Å². The van der Waals surface area contributed by atoms with Crippen LogP contribution in [0.5, 0.6) is 5.88 Å². The summed E-state index contributed by atoms with van der Waals surface area (Å²) in [4.78, 5) is 18.4. The van der Waals surface area contributed by atoms with Gasteiger partial charge in [0, 0.05) is 5.92 Å². The topological polar surface area (TPSA) is 66.0 Å². The summed E-state index contributed by atoms with van der Waals surface area (Å²) in [6.45, 7) is 0. The SMILES string of the molecule is O=c1[nH]c(C2Cc3ccccc3C2)nc(O)c1Br. The van der Waals surface area contributed by atoms with E-state index < -0.39 is 0 Å². The van der Waals surface area contributed by atoms with Crippen LogP contribution in [0.25, 0.3) is 0 Å². The minimum Gasteiger partial charge on any atom is -0.492 e. The molecule has 1 aromatic heterocycles. The van der Waals surface area contributed by atoms with Gasteiger partial charge in [0.05, 0.1) is 0 Å². The van der Waals surface area contributed by atoms with Gasteiger partial charge < -0.3 is 10.1 Å². The third-order valence-electron chi connectivity index (χ3n) is 3.30. The Morgan fingerprint density at radius 1 is 1.28 bits per heavy atom. The van der Waals surface area contributed by atoms with Crippen molar-refractivity contribution >= 4 is 15.9 Å². The van der Waals surface area contributed by atoms with E-state index in [1.165, 1.54) is 11.1 Å². The number of halogens is 1. The predicted molar refractivity (Wildman–Crippen MR) is 70.8 cm³/mol. The number of nitrogens with one attached hydrogen (secondary N) is 1. The van der Waals surface area contributed by atoms with Crippen molar-refractivity contribution in [1.29, 1.82) is 0 Å². The second kappa shape index (κ2) is 4.24. The van der Waals surface area contributed by atoms with Crippen molar-refractivity contribution in [2.24, 2.45) is 0 Å². The summed E-state index contributed by atoms with van der Waals surface area (Å²) < 4.78 is 0.0850. The van der Waals surface area contributed by atoms with Gasteiger partial charge in [-0.3, -0.25) is 4.79 Å². The van der Waals surface area contributed by atoms with E-state index in [2.05, 4.69) is 38.0 Å². The van der Waals surface area contributed by atoms with Crippen LogP contribution >= 0.6 is 15.9 Å². The van der Waals surface area contributed by atoms with Crippen molar-refractivity contribution in [3.8, 4) is 5.88 Å². The van der Waals surface area contributed by atoms with Crippen molar-refractivity contribution in [2.45, 2.75) is 18.8 Å². The first-order valence-electron chi connectivity index (χ1n) is 5.70. The maximum Gasteiger partial charge on any atom is 0.269 e. The van der Waals surface area contributed by atoms with Gasteiger partial charge in [-0.2, -0.15) is 4.98 Å². The maximum absolute atomic E-state index is 11.6. The number of aromatic hydroxyl groups is 1. The van der Waals surface area contributed by atoms with Crippen molar-refractivity contribution in [3.05, 3.63) is 56.0 Å². The highest BCUT2D eigenvalue weighted by molar-refractivity contribution is 9.10. The third kappa shape index (κ3) is 1.84. The van der Waals surface area contributed by atoms with E-state index in [1.54, 1.807) is 0 Å². The zero-order valence-corrected chi connectivity index (χ0v) is 11.1. The molecule has 1 heterocycles. The molecule has 1 aliphatic rings. The van der Waals surface area contributed by atoms with Gasteiger partial charge in [0.2, 0.25) is 5.88 Å². The van der Waals surface area contributed by atoms with E-state index in [0.717, 1.165) is 12.8 Å². The summed E-state index contributed by atoms with van der Waals surface area (Å²) in [5.41, 5.74) is 2.23. The summed E-state index contributed by atoms with van der Waals surface area (Å²) in [6, 6.07) is 8.20. The number of fused-ring (bicyclic) bond motifs is 1. The molecule has 18 heavy (non-hydrogen) atoms. The van der Waals surface area contributed by atoms with E-state index >= 15 is 0 Å². The number of benzene rings is 1. The highest BCUT2D eigenvalue weighted by Crippen LogP contribution is 2.32. The average molecular weight is 307 g/mol. The molecule has 0 saturated heterocycles. The molecule has 0 fully saturated rings. The zero-order chi connectivity index (χ0) is 12.7. The van der Waals surface area contributed by atoms with Crippen LogP contribution in [0.15, 0.2) is 33.5 Å². The summed E-state index contributed by atoms with van der Waals surface area (Å²) in [5.74, 6) is 0.440. The first kappa shape index (κ1) is 11.5. The van der Waals surface area contributed by atoms with Gasteiger partial charge in [-0.05, 0) is 39.9 Å². The number of rotatable bonds is 1. The minimum absolute atomic E-state index is 0.0850. The molecule has 0 atom stereocenters. The number of hydrogen-bond acceptors (Lipinski definition) is 3. The quantitative estimate of drug-likeness (QED) is 0.848. The molecule has 2 N–H and O–H groups in total. The lowest BCUT2D eigenvalue weighted by molar-refractivity contribution is 0.440. The second-order valence-electron chi connectivity index (χ2n) is 4.46. The average Bonchev–Trinajstić information content (AvgIpc) is 2.79. The first-order valence-corrected chi connectivity index (χ1v) is 6.50. The smallest absolute Gasteiger partial charge is 0.269 e. The van der Waals surface area contributed by atoms with Gasteiger partial charge in [0.25, 0.3) is 5.56 Å². The third-order valence-corrected chi connectivity index (χ3v) is 4.02. The zero-order valence-electron chi connectivity index (χ0n) is 9.48. The monoisotopic (exact) mass is 306 g/mol. The van der Waals surface area contributed by atoms with Gasteiger partial charge in [0.15, 0.2) is 0 Å². The molecule has 3 rings (SSSR count). The molecule has 92 valence electrons.